The number of unbranched alkanes of at least 4 members (excludes halogenated alkanes) is 1. The number of nitrogens with zero attached hydrogens (tertiary/aromatic N) is 1. The van der Waals surface area contributed by atoms with Crippen LogP contribution in [-0.2, 0) is 4.74 Å². The molecule has 0 unspecified atom stereocenters. The van der Waals surface area contributed by atoms with Crippen LogP contribution in [0, 0.1) is 0 Å². The van der Waals surface area contributed by atoms with Gasteiger partial charge in [0, 0.05) is 24.8 Å². The highest BCUT2D eigenvalue weighted by molar-refractivity contribution is 5.93. The lowest BCUT2D eigenvalue weighted by Crippen LogP contribution is -2.20. The molecule has 0 amide bonds. The summed E-state index contributed by atoms with van der Waals surface area (Å²) in [7, 11) is 3.81. The molecule has 0 radical (unpaired) electrons. The van der Waals surface area contributed by atoms with Gasteiger partial charge in [-0.1, -0.05) is 13.3 Å². The van der Waals surface area contributed by atoms with E-state index >= 15 is 0 Å². The van der Waals surface area contributed by atoms with Gasteiger partial charge in [-0.2, -0.15) is 0 Å². The first-order valence-electron chi connectivity index (χ1n) is 6.93. The molecule has 0 fully saturated rings. The molecule has 5 nitrogen and oxygen atoms in total. The smallest absolute Gasteiger partial charge is 0.341 e. The van der Waals surface area contributed by atoms with Crippen LogP contribution in [0.4, 0.5) is 5.69 Å². The van der Waals surface area contributed by atoms with E-state index in [1.54, 1.807) is 18.2 Å². The molecule has 0 saturated heterocycles. The van der Waals surface area contributed by atoms with Gasteiger partial charge in [-0.3, -0.25) is 0 Å². The summed E-state index contributed by atoms with van der Waals surface area (Å²) in [5, 5.41) is 13.1. The molecule has 0 bridgehead atoms. The number of carbonyl (C=O) groups excluding carboxylic acids is 1. The van der Waals surface area contributed by atoms with Gasteiger partial charge in [0.1, 0.15) is 17.9 Å². The quantitative estimate of drug-likeness (QED) is 0.570. The summed E-state index contributed by atoms with van der Waals surface area (Å²) < 4.78 is 5.10. The summed E-state index contributed by atoms with van der Waals surface area (Å²) in [5.74, 6) is -0.550. The predicted octanol–water partition coefficient (Wildman–Crippen LogP) is 2.74. The number of anilines is 1. The first-order valence-corrected chi connectivity index (χ1v) is 6.93. The average molecular weight is 317 g/mol. The maximum Gasteiger partial charge on any atom is 0.341 e. The number of aromatic hydroxyl groups is 1. The molecular weight excluding hydrogens is 292 g/mol. The fourth-order valence-corrected chi connectivity index (χ4v) is 1.62. The van der Waals surface area contributed by atoms with Gasteiger partial charge in [-0.25, -0.2) is 4.79 Å². The molecule has 0 aliphatic heterocycles. The van der Waals surface area contributed by atoms with E-state index in [2.05, 4.69) is 12.2 Å². The molecule has 2 N–H and O–H groups in total. The van der Waals surface area contributed by atoms with E-state index < -0.39 is 5.97 Å². The second-order valence-electron chi connectivity index (χ2n) is 4.95. The normalized spacial score (nSPS) is 10.1. The molecule has 0 aromatic heterocycles. The summed E-state index contributed by atoms with van der Waals surface area (Å²) in [6.45, 7) is 3.93. The Morgan fingerprint density at radius 2 is 2.10 bits per heavy atom. The van der Waals surface area contributed by atoms with Crippen molar-refractivity contribution in [1.29, 1.82) is 0 Å². The molecule has 0 aliphatic carbocycles. The summed E-state index contributed by atoms with van der Waals surface area (Å²) >= 11 is 0. The van der Waals surface area contributed by atoms with Crippen molar-refractivity contribution in [2.45, 2.75) is 19.8 Å². The summed E-state index contributed by atoms with van der Waals surface area (Å²) in [5.41, 5.74) is 1.01. The molecule has 0 saturated carbocycles. The molecule has 1 rings (SSSR count). The van der Waals surface area contributed by atoms with Crippen LogP contribution in [0.3, 0.4) is 0 Å². The van der Waals surface area contributed by atoms with Crippen molar-refractivity contribution in [3.05, 3.63) is 23.8 Å². The van der Waals surface area contributed by atoms with E-state index in [0.717, 1.165) is 25.1 Å². The average Bonchev–Trinajstić information content (AvgIpc) is 2.38. The van der Waals surface area contributed by atoms with Crippen molar-refractivity contribution in [1.82, 2.24) is 4.90 Å². The maximum atomic E-state index is 11.8. The molecule has 0 spiro atoms. The number of halogens is 1. The first kappa shape index (κ1) is 19.5. The predicted molar refractivity (Wildman–Crippen MR) is 87.6 cm³/mol. The Hall–Kier alpha value is -1.46. The Morgan fingerprint density at radius 3 is 2.67 bits per heavy atom. The van der Waals surface area contributed by atoms with Gasteiger partial charge in [0.15, 0.2) is 0 Å². The van der Waals surface area contributed by atoms with Gasteiger partial charge in [0.25, 0.3) is 0 Å². The molecule has 1 aromatic carbocycles. The van der Waals surface area contributed by atoms with Crippen LogP contribution in [0.2, 0.25) is 0 Å². The molecular formula is C15H25ClN2O3. The van der Waals surface area contributed by atoms with Crippen LogP contribution in [0.1, 0.15) is 30.1 Å². The summed E-state index contributed by atoms with van der Waals surface area (Å²) in [6, 6.07) is 4.91. The van der Waals surface area contributed by atoms with Gasteiger partial charge in [0.05, 0.1) is 0 Å². The standard InChI is InChI=1S/C15H24N2O3.ClH/c1-4-5-8-16-12-6-7-13(14(18)11-12)15(19)20-10-9-17(2)3;/h6-7,11,16,18H,4-5,8-10H2,1-3H3;1H. The monoisotopic (exact) mass is 316 g/mol. The zero-order valence-corrected chi connectivity index (χ0v) is 13.7. The van der Waals surface area contributed by atoms with E-state index in [-0.39, 0.29) is 23.7 Å². The highest BCUT2D eigenvalue weighted by Crippen LogP contribution is 2.22. The molecule has 6 heteroatoms. The number of nitrogens with one attached hydrogen (secondary N) is 1. The number of phenols is 1. The van der Waals surface area contributed by atoms with Crippen LogP contribution >= 0.6 is 12.4 Å². The van der Waals surface area contributed by atoms with Crippen LogP contribution in [-0.4, -0.2) is 49.8 Å². The first-order chi connectivity index (χ1) is 9.54. The van der Waals surface area contributed by atoms with Crippen molar-refractivity contribution in [3.63, 3.8) is 0 Å². The number of phenolic OH excluding ortho intramolecular Hbond substituents is 1. The van der Waals surface area contributed by atoms with Crippen molar-refractivity contribution >= 4 is 24.1 Å². The minimum absolute atomic E-state index is 0. The van der Waals surface area contributed by atoms with Crippen molar-refractivity contribution in [3.8, 4) is 5.75 Å². The highest BCUT2D eigenvalue weighted by atomic mass is 35.5. The van der Waals surface area contributed by atoms with E-state index in [4.69, 9.17) is 4.74 Å². The Bertz CT molecular complexity index is 439. The van der Waals surface area contributed by atoms with E-state index in [1.165, 1.54) is 0 Å². The Kier molecular flexibility index (Phi) is 9.58. The zero-order chi connectivity index (χ0) is 15.0. The lowest BCUT2D eigenvalue weighted by molar-refractivity contribution is 0.0478. The SMILES string of the molecule is CCCCNc1ccc(C(=O)OCCN(C)C)c(O)c1.Cl. The van der Waals surface area contributed by atoms with Gasteiger partial charge in [-0.05, 0) is 32.6 Å². The molecule has 1 aromatic rings. The summed E-state index contributed by atoms with van der Waals surface area (Å²) in [4.78, 5) is 13.7. The number of ether oxygens (including phenoxy) is 1. The minimum atomic E-state index is -0.496. The van der Waals surface area contributed by atoms with Gasteiger partial charge >= 0.3 is 5.97 Å². The number of benzene rings is 1. The number of rotatable bonds is 8. The molecule has 0 atom stereocenters. The van der Waals surface area contributed by atoms with Crippen LogP contribution < -0.4 is 5.32 Å². The molecule has 21 heavy (non-hydrogen) atoms. The third kappa shape index (κ3) is 7.20. The van der Waals surface area contributed by atoms with Gasteiger partial charge in [0.2, 0.25) is 0 Å². The van der Waals surface area contributed by atoms with E-state index in [1.807, 2.05) is 19.0 Å². The summed E-state index contributed by atoms with van der Waals surface area (Å²) in [6.07, 6.45) is 2.17. The second-order valence-corrected chi connectivity index (χ2v) is 4.95. The molecule has 120 valence electrons. The maximum absolute atomic E-state index is 11.8. The lowest BCUT2D eigenvalue weighted by atomic mass is 10.2. The van der Waals surface area contributed by atoms with Crippen molar-refractivity contribution in [2.75, 3.05) is 39.1 Å². The lowest BCUT2D eigenvalue weighted by Gasteiger charge is -2.11. The third-order valence-electron chi connectivity index (χ3n) is 2.85. The molecule has 0 aliphatic rings. The number of likely N-dealkylation sites (N-methyl/N-ethyl adjacent to an activating group) is 1. The van der Waals surface area contributed by atoms with E-state index in [0.29, 0.717) is 13.2 Å². The number of esters is 1. The van der Waals surface area contributed by atoms with Crippen LogP contribution in [0.5, 0.6) is 5.75 Å². The van der Waals surface area contributed by atoms with Crippen molar-refractivity contribution in [2.24, 2.45) is 0 Å². The minimum Gasteiger partial charge on any atom is -0.507 e. The number of carbonyl (C=O) groups is 1. The second kappa shape index (κ2) is 10.3. The number of hydrogen-bond donors (Lipinski definition) is 2. The van der Waals surface area contributed by atoms with Crippen molar-refractivity contribution < 1.29 is 14.6 Å². The number of hydrogen-bond acceptors (Lipinski definition) is 5. The van der Waals surface area contributed by atoms with E-state index in [9.17, 15) is 9.90 Å². The zero-order valence-electron chi connectivity index (χ0n) is 12.9. The van der Waals surface area contributed by atoms with Gasteiger partial charge in [-0.15, -0.1) is 12.4 Å². The van der Waals surface area contributed by atoms with Gasteiger partial charge < -0.3 is 20.1 Å². The Balaban J connectivity index is 0.00000400. The Morgan fingerprint density at radius 1 is 1.38 bits per heavy atom. The highest BCUT2D eigenvalue weighted by Gasteiger charge is 2.13. The molecule has 0 heterocycles. The third-order valence-corrected chi connectivity index (χ3v) is 2.85. The van der Waals surface area contributed by atoms with Crippen LogP contribution in [0.25, 0.3) is 0 Å². The largest absolute Gasteiger partial charge is 0.507 e. The van der Waals surface area contributed by atoms with Crippen LogP contribution in [0.15, 0.2) is 18.2 Å². The fourth-order valence-electron chi connectivity index (χ4n) is 1.62. The topological polar surface area (TPSA) is 61.8 Å². The Labute approximate surface area is 132 Å². The fraction of sp³-hybridized carbons (Fsp3) is 0.533.